The van der Waals surface area contributed by atoms with Gasteiger partial charge < -0.3 is 14.4 Å². The summed E-state index contributed by atoms with van der Waals surface area (Å²) in [6.07, 6.45) is 2.61. The van der Waals surface area contributed by atoms with Crippen LogP contribution in [0.4, 0.5) is 0 Å². The summed E-state index contributed by atoms with van der Waals surface area (Å²) in [5.41, 5.74) is 3.71. The van der Waals surface area contributed by atoms with Crippen molar-refractivity contribution in [3.63, 3.8) is 0 Å². The van der Waals surface area contributed by atoms with Gasteiger partial charge in [0.25, 0.3) is 0 Å². The molecule has 1 unspecified atom stereocenters. The Morgan fingerprint density at radius 1 is 1.03 bits per heavy atom. The van der Waals surface area contributed by atoms with Gasteiger partial charge >= 0.3 is 11.9 Å². The number of carbonyl (C=O) groups excluding carboxylic acids is 2. The van der Waals surface area contributed by atoms with Crippen LogP contribution in [0.2, 0.25) is 0 Å². The van der Waals surface area contributed by atoms with Crippen LogP contribution in [-0.2, 0) is 19.1 Å². The zero-order valence-electron chi connectivity index (χ0n) is 18.0. The minimum Gasteiger partial charge on any atom is -0.462 e. The fourth-order valence-corrected chi connectivity index (χ4v) is 4.01. The summed E-state index contributed by atoms with van der Waals surface area (Å²) in [4.78, 5) is 28.5. The Bertz CT molecular complexity index is 834. The highest BCUT2D eigenvalue weighted by Gasteiger charge is 2.44. The number of carbonyl (C=O) groups is 2. The number of allylic oxidation sites excluding steroid dienone is 2. The number of nitrogens with zero attached hydrogens (tertiary/aromatic N) is 1. The summed E-state index contributed by atoms with van der Waals surface area (Å²) in [7, 11) is 0. The minimum atomic E-state index is -0.498. The van der Waals surface area contributed by atoms with E-state index in [0.29, 0.717) is 23.8 Å². The molecule has 2 aliphatic rings. The average molecular weight is 398 g/mol. The van der Waals surface area contributed by atoms with Gasteiger partial charge in [-0.3, -0.25) is 0 Å². The van der Waals surface area contributed by atoms with Gasteiger partial charge in [-0.05, 0) is 52.5 Å². The van der Waals surface area contributed by atoms with Crippen molar-refractivity contribution in [1.82, 2.24) is 4.90 Å². The van der Waals surface area contributed by atoms with Gasteiger partial charge in [0, 0.05) is 17.4 Å². The molecule has 0 amide bonds. The lowest BCUT2D eigenvalue weighted by molar-refractivity contribution is -0.143. The van der Waals surface area contributed by atoms with Crippen molar-refractivity contribution in [3.05, 3.63) is 58.4 Å². The molecule has 0 bridgehead atoms. The summed E-state index contributed by atoms with van der Waals surface area (Å²) in [5, 5.41) is 0. The molecule has 1 aromatic rings. The molecule has 5 heteroatoms. The molecule has 1 heterocycles. The van der Waals surface area contributed by atoms with Crippen LogP contribution in [0.3, 0.4) is 0 Å². The average Bonchev–Trinajstić information content (AvgIpc) is 3.50. The van der Waals surface area contributed by atoms with E-state index in [1.165, 1.54) is 0 Å². The van der Waals surface area contributed by atoms with Crippen molar-refractivity contribution < 1.29 is 19.1 Å². The van der Waals surface area contributed by atoms with E-state index in [-0.39, 0.29) is 18.0 Å². The van der Waals surface area contributed by atoms with Gasteiger partial charge in [-0.25, -0.2) is 9.59 Å². The monoisotopic (exact) mass is 397 g/mol. The van der Waals surface area contributed by atoms with E-state index in [2.05, 4.69) is 4.90 Å². The molecule has 0 aromatic heterocycles. The third kappa shape index (κ3) is 4.39. The number of hydrogen-bond donors (Lipinski definition) is 0. The second-order valence-electron chi connectivity index (χ2n) is 8.03. The van der Waals surface area contributed by atoms with Gasteiger partial charge in [0.1, 0.15) is 0 Å². The highest BCUT2D eigenvalue weighted by Crippen LogP contribution is 2.46. The molecular formula is C24H31NO4. The molecule has 0 N–H and O–H groups in total. The van der Waals surface area contributed by atoms with Crippen LogP contribution in [0.5, 0.6) is 0 Å². The molecule has 0 saturated heterocycles. The van der Waals surface area contributed by atoms with Gasteiger partial charge in [-0.1, -0.05) is 37.3 Å². The lowest BCUT2D eigenvalue weighted by Crippen LogP contribution is -2.37. The van der Waals surface area contributed by atoms with E-state index in [4.69, 9.17) is 9.47 Å². The lowest BCUT2D eigenvalue weighted by atomic mass is 9.79. The smallest absolute Gasteiger partial charge is 0.337 e. The highest BCUT2D eigenvalue weighted by molar-refractivity contribution is 6.00. The Morgan fingerprint density at radius 3 is 2.14 bits per heavy atom. The molecule has 5 nitrogen and oxygen atoms in total. The van der Waals surface area contributed by atoms with Crippen LogP contribution in [-0.4, -0.2) is 35.6 Å². The first-order valence-electron chi connectivity index (χ1n) is 10.5. The number of ether oxygens (including phenoxy) is 2. The lowest BCUT2D eigenvalue weighted by Gasteiger charge is -2.38. The molecule has 1 aliphatic heterocycles. The molecule has 1 saturated carbocycles. The first kappa shape index (κ1) is 21.2. The number of hydrogen-bond acceptors (Lipinski definition) is 5. The molecule has 1 aromatic carbocycles. The van der Waals surface area contributed by atoms with E-state index in [9.17, 15) is 9.59 Å². The summed E-state index contributed by atoms with van der Waals surface area (Å²) in [6, 6.07) is 10.0. The van der Waals surface area contributed by atoms with Gasteiger partial charge in [-0.2, -0.15) is 0 Å². The third-order valence-corrected chi connectivity index (χ3v) is 5.34. The van der Waals surface area contributed by atoms with Crippen molar-refractivity contribution in [2.75, 3.05) is 6.61 Å². The second kappa shape index (κ2) is 8.85. The maximum atomic E-state index is 13.2. The summed E-state index contributed by atoms with van der Waals surface area (Å²) in [5.74, 6) is -1.22. The summed E-state index contributed by atoms with van der Waals surface area (Å²) < 4.78 is 11.2. The molecule has 1 aliphatic carbocycles. The predicted molar refractivity (Wildman–Crippen MR) is 112 cm³/mol. The van der Waals surface area contributed by atoms with Gasteiger partial charge in [0.05, 0.1) is 29.8 Å². The maximum absolute atomic E-state index is 13.2. The quantitative estimate of drug-likeness (QED) is 0.624. The van der Waals surface area contributed by atoms with Crippen LogP contribution >= 0.6 is 0 Å². The molecule has 156 valence electrons. The van der Waals surface area contributed by atoms with Gasteiger partial charge in [0.15, 0.2) is 0 Å². The Balaban J connectivity index is 2.17. The van der Waals surface area contributed by atoms with Crippen LogP contribution in [0.25, 0.3) is 0 Å². The third-order valence-electron chi connectivity index (χ3n) is 5.34. The normalized spacial score (nSPS) is 19.7. The summed E-state index contributed by atoms with van der Waals surface area (Å²) in [6.45, 7) is 9.92. The van der Waals surface area contributed by atoms with Crippen molar-refractivity contribution in [2.24, 2.45) is 0 Å². The maximum Gasteiger partial charge on any atom is 0.337 e. The Kier molecular flexibility index (Phi) is 6.46. The molecule has 0 spiro atoms. The van der Waals surface area contributed by atoms with E-state index >= 15 is 0 Å². The Labute approximate surface area is 173 Å². The van der Waals surface area contributed by atoms with Crippen LogP contribution in [0, 0.1) is 0 Å². The first-order chi connectivity index (χ1) is 13.9. The van der Waals surface area contributed by atoms with Crippen molar-refractivity contribution in [3.8, 4) is 0 Å². The number of esters is 2. The molecule has 1 fully saturated rings. The zero-order valence-corrected chi connectivity index (χ0v) is 18.0. The summed E-state index contributed by atoms with van der Waals surface area (Å²) >= 11 is 0. The molecule has 0 radical (unpaired) electrons. The van der Waals surface area contributed by atoms with Crippen LogP contribution in [0.1, 0.15) is 65.4 Å². The van der Waals surface area contributed by atoms with E-state index in [0.717, 1.165) is 36.2 Å². The minimum absolute atomic E-state index is 0.240. The van der Waals surface area contributed by atoms with Crippen molar-refractivity contribution in [2.45, 2.75) is 71.9 Å². The SMILES string of the molecule is CCCOC(=O)C1=C(C)N(C2CC2)C(C)=C(C(=O)OC(C)C)C1c1ccccc1. The number of benzene rings is 1. The predicted octanol–water partition coefficient (Wildman–Crippen LogP) is 4.70. The van der Waals surface area contributed by atoms with Crippen LogP contribution in [0.15, 0.2) is 52.9 Å². The topological polar surface area (TPSA) is 55.8 Å². The van der Waals surface area contributed by atoms with E-state index in [1.54, 1.807) is 0 Å². The fourth-order valence-electron chi connectivity index (χ4n) is 4.01. The number of rotatable bonds is 7. The Hall–Kier alpha value is -2.56. The largest absolute Gasteiger partial charge is 0.462 e. The molecule has 29 heavy (non-hydrogen) atoms. The fraction of sp³-hybridized carbons (Fsp3) is 0.500. The Morgan fingerprint density at radius 2 is 1.62 bits per heavy atom. The zero-order chi connectivity index (χ0) is 21.1. The van der Waals surface area contributed by atoms with Crippen molar-refractivity contribution >= 4 is 11.9 Å². The second-order valence-corrected chi connectivity index (χ2v) is 8.03. The van der Waals surface area contributed by atoms with E-state index < -0.39 is 5.92 Å². The molecule has 3 rings (SSSR count). The molecule has 1 atom stereocenters. The first-order valence-corrected chi connectivity index (χ1v) is 10.5. The highest BCUT2D eigenvalue weighted by atomic mass is 16.5. The molecular weight excluding hydrogens is 366 g/mol. The van der Waals surface area contributed by atoms with E-state index in [1.807, 2.05) is 65.0 Å². The van der Waals surface area contributed by atoms with Gasteiger partial charge in [0.2, 0.25) is 0 Å². The van der Waals surface area contributed by atoms with Crippen LogP contribution < -0.4 is 0 Å². The standard InChI is InChI=1S/C24H31NO4/c1-6-14-28-23(26)20-16(4)25(19-12-13-19)17(5)21(24(27)29-15(2)3)22(20)18-10-8-7-9-11-18/h7-11,15,19,22H,6,12-14H2,1-5H3. The van der Waals surface area contributed by atoms with Crippen molar-refractivity contribution in [1.29, 1.82) is 0 Å². The van der Waals surface area contributed by atoms with Gasteiger partial charge in [-0.15, -0.1) is 0 Å².